The number of aryl methyl sites for hydroxylation is 1. The predicted octanol–water partition coefficient (Wildman–Crippen LogP) is 1.17. The van der Waals surface area contributed by atoms with Gasteiger partial charge in [-0.2, -0.15) is 0 Å². The van der Waals surface area contributed by atoms with Crippen LogP contribution in [0, 0.1) is 6.92 Å². The molecule has 0 saturated heterocycles. The van der Waals surface area contributed by atoms with Crippen molar-refractivity contribution in [3.8, 4) is 0 Å². The van der Waals surface area contributed by atoms with E-state index < -0.39 is 16.0 Å². The van der Waals surface area contributed by atoms with E-state index in [0.29, 0.717) is 25.1 Å². The molecular formula is C16H20N2O5S2. The highest BCUT2D eigenvalue weighted by Crippen LogP contribution is 2.07. The summed E-state index contributed by atoms with van der Waals surface area (Å²) >= 11 is 1.12. The lowest BCUT2D eigenvalue weighted by Gasteiger charge is -2.07. The summed E-state index contributed by atoms with van der Waals surface area (Å²) in [7, 11) is -3.20. The summed E-state index contributed by atoms with van der Waals surface area (Å²) in [5.74, 6) is -0.457. The zero-order chi connectivity index (χ0) is 18.4. The fraction of sp³-hybridized carbons (Fsp3) is 0.375. The number of thiazole rings is 1. The molecule has 25 heavy (non-hydrogen) atoms. The number of hydrogen-bond donors (Lipinski definition) is 1. The highest BCUT2D eigenvalue weighted by molar-refractivity contribution is 7.88. The largest absolute Gasteiger partial charge is 0.460 e. The number of ether oxygens (including phenoxy) is 1. The zero-order valence-electron chi connectivity index (χ0n) is 14.0. The van der Waals surface area contributed by atoms with Crippen molar-refractivity contribution >= 4 is 27.3 Å². The highest BCUT2D eigenvalue weighted by Gasteiger charge is 2.09. The molecule has 136 valence electrons. The molecule has 0 saturated carbocycles. The third-order valence-corrected chi connectivity index (χ3v) is 5.10. The standard InChI is InChI=1S/C16H20N2O5S2/c1-12-11-24-16(20)18(12)9-10-23-15(19)14-5-3-13(4-6-14)7-8-17-25(2,21)22/h3-6,11,17H,7-10H2,1-2H3. The summed E-state index contributed by atoms with van der Waals surface area (Å²) in [6, 6.07) is 6.79. The van der Waals surface area contributed by atoms with Gasteiger partial charge in [-0.15, -0.1) is 0 Å². The van der Waals surface area contributed by atoms with Crippen LogP contribution in [-0.2, 0) is 27.7 Å². The minimum Gasteiger partial charge on any atom is -0.460 e. The number of rotatable bonds is 8. The molecule has 1 heterocycles. The average Bonchev–Trinajstić information content (AvgIpc) is 2.86. The Balaban J connectivity index is 1.82. The molecule has 0 aliphatic carbocycles. The number of benzene rings is 1. The van der Waals surface area contributed by atoms with Gasteiger partial charge in [0.2, 0.25) is 10.0 Å². The first-order chi connectivity index (χ1) is 11.8. The lowest BCUT2D eigenvalue weighted by molar-refractivity contribution is 0.0490. The molecule has 0 aliphatic heterocycles. The zero-order valence-corrected chi connectivity index (χ0v) is 15.7. The number of nitrogens with zero attached hydrogens (tertiary/aromatic N) is 1. The Morgan fingerprint density at radius 3 is 2.52 bits per heavy atom. The van der Waals surface area contributed by atoms with E-state index in [4.69, 9.17) is 4.74 Å². The number of carbonyl (C=O) groups excluding carboxylic acids is 1. The molecule has 2 aromatic rings. The van der Waals surface area contributed by atoms with Crippen molar-refractivity contribution < 1.29 is 17.9 Å². The van der Waals surface area contributed by atoms with Gasteiger partial charge in [0.15, 0.2) is 0 Å². The van der Waals surface area contributed by atoms with Crippen LogP contribution < -0.4 is 9.60 Å². The molecule has 0 bridgehead atoms. The summed E-state index contributed by atoms with van der Waals surface area (Å²) < 4.78 is 31.2. The molecule has 2 rings (SSSR count). The van der Waals surface area contributed by atoms with Crippen LogP contribution in [0.3, 0.4) is 0 Å². The number of carbonyl (C=O) groups is 1. The summed E-state index contributed by atoms with van der Waals surface area (Å²) in [6.45, 7) is 2.58. The minimum absolute atomic E-state index is 0.0689. The highest BCUT2D eigenvalue weighted by atomic mass is 32.2. The Bertz CT molecular complexity index is 882. The molecule has 9 heteroatoms. The predicted molar refractivity (Wildman–Crippen MR) is 96.6 cm³/mol. The number of aromatic nitrogens is 1. The monoisotopic (exact) mass is 384 g/mol. The van der Waals surface area contributed by atoms with Crippen LogP contribution in [0.15, 0.2) is 34.4 Å². The van der Waals surface area contributed by atoms with Crippen LogP contribution in [0.1, 0.15) is 21.6 Å². The minimum atomic E-state index is -3.20. The van der Waals surface area contributed by atoms with Gasteiger partial charge in [0.1, 0.15) is 6.61 Å². The number of esters is 1. The molecular weight excluding hydrogens is 364 g/mol. The molecule has 0 atom stereocenters. The second-order valence-corrected chi connectivity index (χ2v) is 8.20. The fourth-order valence-electron chi connectivity index (χ4n) is 2.18. The van der Waals surface area contributed by atoms with Crippen LogP contribution in [0.25, 0.3) is 0 Å². The number of hydrogen-bond acceptors (Lipinski definition) is 6. The molecule has 7 nitrogen and oxygen atoms in total. The van der Waals surface area contributed by atoms with E-state index in [1.807, 2.05) is 6.92 Å². The van der Waals surface area contributed by atoms with Crippen molar-refractivity contribution in [1.29, 1.82) is 0 Å². The van der Waals surface area contributed by atoms with Gasteiger partial charge >= 0.3 is 10.8 Å². The maximum Gasteiger partial charge on any atom is 0.338 e. The van der Waals surface area contributed by atoms with Crippen LogP contribution in [0.5, 0.6) is 0 Å². The quantitative estimate of drug-likeness (QED) is 0.690. The smallest absolute Gasteiger partial charge is 0.338 e. The fourth-order valence-corrected chi connectivity index (χ4v) is 3.41. The molecule has 1 aromatic heterocycles. The van der Waals surface area contributed by atoms with Crippen molar-refractivity contribution in [2.75, 3.05) is 19.4 Å². The van der Waals surface area contributed by atoms with Gasteiger partial charge in [0.25, 0.3) is 0 Å². The average molecular weight is 384 g/mol. The lowest BCUT2D eigenvalue weighted by Crippen LogP contribution is -2.24. The van der Waals surface area contributed by atoms with Gasteiger partial charge < -0.3 is 4.74 Å². The molecule has 0 amide bonds. The van der Waals surface area contributed by atoms with E-state index in [0.717, 1.165) is 28.8 Å². The van der Waals surface area contributed by atoms with E-state index in [1.54, 1.807) is 34.2 Å². The van der Waals surface area contributed by atoms with Crippen LogP contribution in [0.2, 0.25) is 0 Å². The van der Waals surface area contributed by atoms with Gasteiger partial charge in [-0.05, 0) is 31.0 Å². The first kappa shape index (κ1) is 19.4. The molecule has 0 aliphatic rings. The van der Waals surface area contributed by atoms with Crippen molar-refractivity contribution in [3.05, 3.63) is 56.1 Å². The Kier molecular flexibility index (Phi) is 6.51. The van der Waals surface area contributed by atoms with Crippen LogP contribution in [-0.4, -0.2) is 38.4 Å². The maximum absolute atomic E-state index is 12.0. The number of sulfonamides is 1. The van der Waals surface area contributed by atoms with E-state index in [9.17, 15) is 18.0 Å². The van der Waals surface area contributed by atoms with E-state index in [1.165, 1.54) is 0 Å². The van der Waals surface area contributed by atoms with Gasteiger partial charge in [-0.1, -0.05) is 23.5 Å². The normalized spacial score (nSPS) is 11.4. The molecule has 0 radical (unpaired) electrons. The van der Waals surface area contributed by atoms with Crippen molar-refractivity contribution in [2.24, 2.45) is 0 Å². The third kappa shape index (κ3) is 6.11. The summed E-state index contributed by atoms with van der Waals surface area (Å²) in [6.07, 6.45) is 1.64. The molecule has 1 N–H and O–H groups in total. The van der Waals surface area contributed by atoms with E-state index in [-0.39, 0.29) is 11.5 Å². The van der Waals surface area contributed by atoms with Gasteiger partial charge in [-0.25, -0.2) is 17.9 Å². The lowest BCUT2D eigenvalue weighted by atomic mass is 10.1. The molecule has 0 unspecified atom stereocenters. The summed E-state index contributed by atoms with van der Waals surface area (Å²) in [5, 5.41) is 1.77. The summed E-state index contributed by atoms with van der Waals surface area (Å²) in [4.78, 5) is 23.5. The van der Waals surface area contributed by atoms with Gasteiger partial charge in [0.05, 0.1) is 18.4 Å². The Morgan fingerprint density at radius 1 is 1.28 bits per heavy atom. The number of nitrogens with one attached hydrogen (secondary N) is 1. The Morgan fingerprint density at radius 2 is 1.96 bits per heavy atom. The Hall–Kier alpha value is -1.97. The van der Waals surface area contributed by atoms with Gasteiger partial charge in [-0.3, -0.25) is 9.36 Å². The SMILES string of the molecule is Cc1csc(=O)n1CCOC(=O)c1ccc(CCNS(C)(=O)=O)cc1. The second-order valence-electron chi connectivity index (χ2n) is 5.54. The first-order valence-corrected chi connectivity index (χ1v) is 10.4. The molecule has 0 spiro atoms. The van der Waals surface area contributed by atoms with Crippen LogP contribution >= 0.6 is 11.3 Å². The first-order valence-electron chi connectivity index (χ1n) is 7.62. The van der Waals surface area contributed by atoms with Gasteiger partial charge in [0, 0.05) is 17.6 Å². The van der Waals surface area contributed by atoms with E-state index >= 15 is 0 Å². The van der Waals surface area contributed by atoms with Crippen molar-refractivity contribution in [1.82, 2.24) is 9.29 Å². The van der Waals surface area contributed by atoms with Crippen molar-refractivity contribution in [2.45, 2.75) is 19.9 Å². The third-order valence-electron chi connectivity index (χ3n) is 3.49. The Labute approximate surface area is 150 Å². The van der Waals surface area contributed by atoms with Crippen LogP contribution in [0.4, 0.5) is 0 Å². The van der Waals surface area contributed by atoms with Crippen molar-refractivity contribution in [3.63, 3.8) is 0 Å². The topological polar surface area (TPSA) is 94.5 Å². The van der Waals surface area contributed by atoms with E-state index in [2.05, 4.69) is 4.72 Å². The second kappa shape index (κ2) is 8.41. The molecule has 0 fully saturated rings. The maximum atomic E-state index is 12.0. The molecule has 1 aromatic carbocycles. The summed E-state index contributed by atoms with van der Waals surface area (Å²) in [5.41, 5.74) is 2.17.